The van der Waals surface area contributed by atoms with Crippen LogP contribution in [0.3, 0.4) is 0 Å². The van der Waals surface area contributed by atoms with Gasteiger partial charge in [0.05, 0.1) is 11.4 Å². The van der Waals surface area contributed by atoms with Crippen LogP contribution in [0.2, 0.25) is 0 Å². The predicted octanol–water partition coefficient (Wildman–Crippen LogP) is 3.97. The summed E-state index contributed by atoms with van der Waals surface area (Å²) in [6.45, 7) is 4.71. The highest BCUT2D eigenvalue weighted by atomic mass is 19.1. The Balaban J connectivity index is 1.62. The lowest BCUT2D eigenvalue weighted by Crippen LogP contribution is -2.33. The number of benzene rings is 2. The molecule has 0 radical (unpaired) electrons. The summed E-state index contributed by atoms with van der Waals surface area (Å²) < 4.78 is 19.6. The second-order valence-corrected chi connectivity index (χ2v) is 6.50. The molecule has 1 aromatic heterocycles. The Kier molecular flexibility index (Phi) is 4.03. The minimum Gasteiger partial charge on any atom is -0.466 e. The van der Waals surface area contributed by atoms with E-state index in [-0.39, 0.29) is 12.0 Å². The lowest BCUT2D eigenvalue weighted by Gasteiger charge is -2.22. The molecule has 4 rings (SSSR count). The van der Waals surface area contributed by atoms with E-state index in [2.05, 4.69) is 15.2 Å². The molecule has 0 bridgehead atoms. The van der Waals surface area contributed by atoms with E-state index in [0.717, 1.165) is 40.8 Å². The lowest BCUT2D eigenvalue weighted by molar-refractivity contribution is -0.105. The smallest absolute Gasteiger partial charge is 0.211 e. The number of rotatable bonds is 5. The average molecular weight is 353 g/mol. The Morgan fingerprint density at radius 2 is 2.19 bits per heavy atom. The van der Waals surface area contributed by atoms with Crippen molar-refractivity contribution < 1.29 is 13.9 Å². The number of halogens is 1. The number of para-hydroxylation sites is 1. The fourth-order valence-electron chi connectivity index (χ4n) is 3.69. The number of hydrogen-bond acceptors (Lipinski definition) is 3. The SMILES string of the molecule is Cc1[nH]c2ccc(F)cc2c1CCN1c2cccc(NC=O)c2OC1C. The Hall–Kier alpha value is -3.02. The zero-order chi connectivity index (χ0) is 18.3. The third-order valence-corrected chi connectivity index (χ3v) is 4.93. The molecule has 0 saturated heterocycles. The highest BCUT2D eigenvalue weighted by molar-refractivity contribution is 5.85. The Bertz CT molecular complexity index is 983. The second kappa shape index (κ2) is 6.37. The maximum atomic E-state index is 13.7. The van der Waals surface area contributed by atoms with Crippen LogP contribution < -0.4 is 15.0 Å². The van der Waals surface area contributed by atoms with E-state index in [1.165, 1.54) is 6.07 Å². The molecule has 1 atom stereocenters. The maximum Gasteiger partial charge on any atom is 0.211 e. The van der Waals surface area contributed by atoms with Crippen molar-refractivity contribution in [1.29, 1.82) is 0 Å². The molecule has 1 amide bonds. The third-order valence-electron chi connectivity index (χ3n) is 4.93. The van der Waals surface area contributed by atoms with Crippen molar-refractivity contribution >= 4 is 28.7 Å². The van der Waals surface area contributed by atoms with Gasteiger partial charge in [0.25, 0.3) is 0 Å². The topological polar surface area (TPSA) is 57.4 Å². The molecule has 0 fully saturated rings. The fraction of sp³-hybridized carbons (Fsp3) is 0.250. The summed E-state index contributed by atoms with van der Waals surface area (Å²) in [5.74, 6) is 0.458. The van der Waals surface area contributed by atoms with Gasteiger partial charge >= 0.3 is 0 Å². The monoisotopic (exact) mass is 353 g/mol. The number of carbonyl (C=O) groups excluding carboxylic acids is 1. The van der Waals surface area contributed by atoms with E-state index in [9.17, 15) is 9.18 Å². The van der Waals surface area contributed by atoms with Gasteiger partial charge in [-0.1, -0.05) is 6.07 Å². The third kappa shape index (κ3) is 2.67. The summed E-state index contributed by atoms with van der Waals surface area (Å²) >= 11 is 0. The number of H-pyrrole nitrogens is 1. The largest absolute Gasteiger partial charge is 0.466 e. The molecule has 2 heterocycles. The molecule has 2 aromatic carbocycles. The number of anilines is 2. The number of aryl methyl sites for hydroxylation is 1. The van der Waals surface area contributed by atoms with Crippen molar-refractivity contribution in [3.8, 4) is 5.75 Å². The Morgan fingerprint density at radius 1 is 1.35 bits per heavy atom. The molecule has 3 aromatic rings. The normalized spacial score (nSPS) is 15.8. The van der Waals surface area contributed by atoms with Crippen LogP contribution >= 0.6 is 0 Å². The molecule has 5 nitrogen and oxygen atoms in total. The number of amides is 1. The van der Waals surface area contributed by atoms with E-state index in [0.29, 0.717) is 17.8 Å². The van der Waals surface area contributed by atoms with Crippen LogP contribution in [0.5, 0.6) is 5.75 Å². The van der Waals surface area contributed by atoms with E-state index in [4.69, 9.17) is 4.74 Å². The predicted molar refractivity (Wildman–Crippen MR) is 100 cm³/mol. The first-order valence-electron chi connectivity index (χ1n) is 8.61. The molecule has 134 valence electrons. The van der Waals surface area contributed by atoms with Crippen molar-refractivity contribution in [3.05, 3.63) is 53.5 Å². The second-order valence-electron chi connectivity index (χ2n) is 6.50. The number of aromatic amines is 1. The van der Waals surface area contributed by atoms with Gasteiger partial charge in [0, 0.05) is 23.1 Å². The average Bonchev–Trinajstić information content (AvgIpc) is 3.10. The van der Waals surface area contributed by atoms with Crippen molar-refractivity contribution in [1.82, 2.24) is 4.98 Å². The number of nitrogens with zero attached hydrogens (tertiary/aromatic N) is 1. The van der Waals surface area contributed by atoms with Crippen LogP contribution in [0.15, 0.2) is 36.4 Å². The lowest BCUT2D eigenvalue weighted by atomic mass is 10.1. The number of nitrogens with one attached hydrogen (secondary N) is 2. The standard InChI is InChI=1S/C20H20FN3O2/c1-12-15(16-10-14(21)6-7-17(16)23-12)8-9-24-13(2)26-20-18(22-11-25)4-3-5-19(20)24/h3-7,10-11,13,23H,8-9H2,1-2H3,(H,22,25). The highest BCUT2D eigenvalue weighted by Gasteiger charge is 2.29. The van der Waals surface area contributed by atoms with Gasteiger partial charge in [-0.15, -0.1) is 0 Å². The van der Waals surface area contributed by atoms with Crippen LogP contribution in [0, 0.1) is 12.7 Å². The number of hydrogen-bond donors (Lipinski definition) is 2. The molecule has 1 aliphatic rings. The zero-order valence-electron chi connectivity index (χ0n) is 14.7. The molecule has 1 aliphatic heterocycles. The van der Waals surface area contributed by atoms with Gasteiger partial charge in [0.2, 0.25) is 6.41 Å². The van der Waals surface area contributed by atoms with Crippen molar-refractivity contribution in [2.24, 2.45) is 0 Å². The van der Waals surface area contributed by atoms with Crippen LogP contribution in [-0.4, -0.2) is 24.2 Å². The molecule has 2 N–H and O–H groups in total. The van der Waals surface area contributed by atoms with Gasteiger partial charge in [-0.2, -0.15) is 0 Å². The first-order valence-corrected chi connectivity index (χ1v) is 8.61. The summed E-state index contributed by atoms with van der Waals surface area (Å²) in [7, 11) is 0. The first-order chi connectivity index (χ1) is 12.6. The maximum absolute atomic E-state index is 13.7. The number of ether oxygens (including phenoxy) is 1. The molecular formula is C20H20FN3O2. The molecule has 26 heavy (non-hydrogen) atoms. The molecule has 1 unspecified atom stereocenters. The van der Waals surface area contributed by atoms with Crippen molar-refractivity contribution in [2.75, 3.05) is 16.8 Å². The summed E-state index contributed by atoms with van der Waals surface area (Å²) in [5, 5.41) is 3.60. The summed E-state index contributed by atoms with van der Waals surface area (Å²) in [6.07, 6.45) is 1.27. The van der Waals surface area contributed by atoms with Gasteiger partial charge in [-0.25, -0.2) is 4.39 Å². The van der Waals surface area contributed by atoms with Gasteiger partial charge in [0.15, 0.2) is 12.0 Å². The quantitative estimate of drug-likeness (QED) is 0.683. The van der Waals surface area contributed by atoms with E-state index >= 15 is 0 Å². The minimum absolute atomic E-state index is 0.137. The van der Waals surface area contributed by atoms with Crippen LogP contribution in [0.1, 0.15) is 18.2 Å². The van der Waals surface area contributed by atoms with Gasteiger partial charge in [0.1, 0.15) is 5.82 Å². The number of carbonyl (C=O) groups is 1. The Morgan fingerprint density at radius 3 is 3.00 bits per heavy atom. The fourth-order valence-corrected chi connectivity index (χ4v) is 3.69. The van der Waals surface area contributed by atoms with Crippen LogP contribution in [0.25, 0.3) is 10.9 Å². The number of fused-ring (bicyclic) bond motifs is 2. The molecule has 0 aliphatic carbocycles. The van der Waals surface area contributed by atoms with E-state index in [1.54, 1.807) is 12.1 Å². The summed E-state index contributed by atoms with van der Waals surface area (Å²) in [6, 6.07) is 10.5. The van der Waals surface area contributed by atoms with Gasteiger partial charge in [-0.3, -0.25) is 4.79 Å². The zero-order valence-corrected chi connectivity index (χ0v) is 14.7. The first kappa shape index (κ1) is 16.4. The van der Waals surface area contributed by atoms with E-state index in [1.807, 2.05) is 32.0 Å². The number of aromatic nitrogens is 1. The van der Waals surface area contributed by atoms with Gasteiger partial charge in [-0.05, 0) is 56.2 Å². The molecule has 6 heteroatoms. The minimum atomic E-state index is -0.231. The Labute approximate surface area is 150 Å². The van der Waals surface area contributed by atoms with E-state index < -0.39 is 0 Å². The summed E-state index contributed by atoms with van der Waals surface area (Å²) in [5.41, 5.74) is 4.73. The molecule has 0 spiro atoms. The molecule has 0 saturated carbocycles. The van der Waals surface area contributed by atoms with Crippen molar-refractivity contribution in [3.63, 3.8) is 0 Å². The molecular weight excluding hydrogens is 333 g/mol. The van der Waals surface area contributed by atoms with Crippen molar-refractivity contribution in [2.45, 2.75) is 26.5 Å². The van der Waals surface area contributed by atoms with Crippen LogP contribution in [-0.2, 0) is 11.2 Å². The van der Waals surface area contributed by atoms with Gasteiger partial charge < -0.3 is 19.9 Å². The highest BCUT2D eigenvalue weighted by Crippen LogP contribution is 2.42. The van der Waals surface area contributed by atoms with Crippen LogP contribution in [0.4, 0.5) is 15.8 Å². The summed E-state index contributed by atoms with van der Waals surface area (Å²) in [4.78, 5) is 16.3.